The molecule has 19 heavy (non-hydrogen) atoms. The van der Waals surface area contributed by atoms with E-state index in [4.69, 9.17) is 9.26 Å². The first-order valence-corrected chi connectivity index (χ1v) is 6.64. The van der Waals surface area contributed by atoms with Crippen LogP contribution < -0.4 is 5.32 Å². The van der Waals surface area contributed by atoms with Gasteiger partial charge in [-0.1, -0.05) is 19.0 Å². The first-order valence-electron chi connectivity index (χ1n) is 6.64. The van der Waals surface area contributed by atoms with Crippen LogP contribution in [0.3, 0.4) is 0 Å². The molecule has 1 aliphatic rings. The third-order valence-electron chi connectivity index (χ3n) is 4.20. The van der Waals surface area contributed by atoms with Crippen LogP contribution in [0, 0.1) is 11.3 Å². The second-order valence-corrected chi connectivity index (χ2v) is 5.93. The van der Waals surface area contributed by atoms with Crippen molar-refractivity contribution in [3.63, 3.8) is 0 Å². The smallest absolute Gasteiger partial charge is 0.217 e. The van der Waals surface area contributed by atoms with Crippen molar-refractivity contribution in [1.82, 2.24) is 10.5 Å². The Bertz CT molecular complexity index is 453. The average Bonchev–Trinajstić information content (AvgIpc) is 2.75. The highest BCUT2D eigenvalue weighted by Gasteiger charge is 2.48. The molecule has 2 atom stereocenters. The normalized spacial score (nSPS) is 24.8. The van der Waals surface area contributed by atoms with Crippen molar-refractivity contribution in [2.75, 3.05) is 7.11 Å². The van der Waals surface area contributed by atoms with Gasteiger partial charge >= 0.3 is 0 Å². The van der Waals surface area contributed by atoms with Crippen LogP contribution in [0.2, 0.25) is 0 Å². The zero-order valence-corrected chi connectivity index (χ0v) is 12.0. The van der Waals surface area contributed by atoms with Gasteiger partial charge in [0, 0.05) is 26.1 Å². The van der Waals surface area contributed by atoms with Crippen LogP contribution in [0.4, 0.5) is 0 Å². The summed E-state index contributed by atoms with van der Waals surface area (Å²) in [6.45, 7) is 6.41. The summed E-state index contributed by atoms with van der Waals surface area (Å²) in [5, 5.41) is 7.07. The fourth-order valence-corrected chi connectivity index (χ4v) is 2.77. The lowest BCUT2D eigenvalue weighted by Gasteiger charge is -2.52. The van der Waals surface area contributed by atoms with Crippen molar-refractivity contribution in [2.45, 2.75) is 46.3 Å². The van der Waals surface area contributed by atoms with Gasteiger partial charge in [-0.2, -0.15) is 0 Å². The number of nitrogens with zero attached hydrogens (tertiary/aromatic N) is 1. The van der Waals surface area contributed by atoms with Crippen molar-refractivity contribution in [3.05, 3.63) is 17.5 Å². The lowest BCUT2D eigenvalue weighted by Crippen LogP contribution is -2.58. The van der Waals surface area contributed by atoms with E-state index < -0.39 is 0 Å². The van der Waals surface area contributed by atoms with E-state index in [1.54, 1.807) is 14.0 Å². The van der Waals surface area contributed by atoms with E-state index in [9.17, 15) is 4.79 Å². The first kappa shape index (κ1) is 14.1. The summed E-state index contributed by atoms with van der Waals surface area (Å²) >= 11 is 0. The molecule has 2 rings (SSSR count). The number of ether oxygens (including phenoxy) is 1. The Balaban J connectivity index is 1.92. The predicted molar refractivity (Wildman–Crippen MR) is 70.4 cm³/mol. The van der Waals surface area contributed by atoms with Gasteiger partial charge in [-0.15, -0.1) is 0 Å². The van der Waals surface area contributed by atoms with E-state index in [-0.39, 0.29) is 17.4 Å². The highest BCUT2D eigenvalue weighted by molar-refractivity contribution is 5.73. The molecule has 0 radical (unpaired) electrons. The van der Waals surface area contributed by atoms with Gasteiger partial charge in [0.05, 0.1) is 5.69 Å². The van der Waals surface area contributed by atoms with Gasteiger partial charge in [0.1, 0.15) is 6.61 Å². The third-order valence-corrected chi connectivity index (χ3v) is 4.20. The molecule has 1 aliphatic carbocycles. The van der Waals surface area contributed by atoms with E-state index in [2.05, 4.69) is 24.3 Å². The van der Waals surface area contributed by atoms with E-state index in [0.29, 0.717) is 12.5 Å². The summed E-state index contributed by atoms with van der Waals surface area (Å²) in [6, 6.07) is 2.21. The fraction of sp³-hybridized carbons (Fsp3) is 0.714. The molecule has 1 N–H and O–H groups in total. The van der Waals surface area contributed by atoms with Gasteiger partial charge in [0.15, 0.2) is 5.76 Å². The van der Waals surface area contributed by atoms with Gasteiger partial charge in [0.25, 0.3) is 0 Å². The van der Waals surface area contributed by atoms with Crippen LogP contribution in [-0.4, -0.2) is 24.2 Å². The zero-order chi connectivity index (χ0) is 14.0. The van der Waals surface area contributed by atoms with Crippen molar-refractivity contribution < 1.29 is 14.1 Å². The maximum Gasteiger partial charge on any atom is 0.217 e. The molecular formula is C14H22N2O3. The molecule has 0 unspecified atom stereocenters. The van der Waals surface area contributed by atoms with Gasteiger partial charge in [-0.05, 0) is 24.2 Å². The molecule has 1 fully saturated rings. The monoisotopic (exact) mass is 266 g/mol. The molecule has 0 aliphatic heterocycles. The molecule has 0 saturated heterocycles. The Morgan fingerprint density at radius 2 is 2.37 bits per heavy atom. The quantitative estimate of drug-likeness (QED) is 0.884. The topological polar surface area (TPSA) is 64.4 Å². The third kappa shape index (κ3) is 2.97. The van der Waals surface area contributed by atoms with Crippen LogP contribution in [0.15, 0.2) is 10.6 Å². The zero-order valence-electron chi connectivity index (χ0n) is 12.0. The van der Waals surface area contributed by atoms with E-state index in [1.165, 1.54) is 0 Å². The van der Waals surface area contributed by atoms with Crippen LogP contribution in [-0.2, 0) is 22.6 Å². The van der Waals surface area contributed by atoms with Crippen LogP contribution in [0.25, 0.3) is 0 Å². The Kier molecular flexibility index (Phi) is 3.94. The van der Waals surface area contributed by atoms with Crippen LogP contribution >= 0.6 is 0 Å². The number of rotatable bonds is 5. The lowest BCUT2D eigenvalue weighted by atomic mass is 9.57. The molecule has 1 heterocycles. The van der Waals surface area contributed by atoms with Crippen molar-refractivity contribution in [3.8, 4) is 0 Å². The van der Waals surface area contributed by atoms with Gasteiger partial charge < -0.3 is 14.6 Å². The van der Waals surface area contributed by atoms with Crippen molar-refractivity contribution in [1.29, 1.82) is 0 Å². The molecule has 1 saturated carbocycles. The number of amides is 1. The molecule has 1 aromatic heterocycles. The number of nitrogens with one attached hydrogen (secondary N) is 1. The number of carbonyl (C=O) groups is 1. The Labute approximate surface area is 113 Å². The number of hydrogen-bond acceptors (Lipinski definition) is 4. The molecule has 0 spiro atoms. The Hall–Kier alpha value is -1.36. The molecule has 5 nitrogen and oxygen atoms in total. The number of aromatic nitrogens is 1. The number of methoxy groups -OCH3 is 1. The van der Waals surface area contributed by atoms with Crippen LogP contribution in [0.5, 0.6) is 0 Å². The first-order chi connectivity index (χ1) is 8.93. The standard InChI is InChI=1S/C14H22N2O3/c1-9(17)15-13-6-10(14(13,2)3)5-11-7-12(8-18-4)19-16-11/h7,10,13H,5-6,8H2,1-4H3,(H,15,17)/t10-,13+/m1/s1. The largest absolute Gasteiger partial charge is 0.377 e. The lowest BCUT2D eigenvalue weighted by molar-refractivity contribution is -0.123. The number of carbonyl (C=O) groups excluding carboxylic acids is 1. The highest BCUT2D eigenvalue weighted by Crippen LogP contribution is 2.47. The molecular weight excluding hydrogens is 244 g/mol. The van der Waals surface area contributed by atoms with E-state index >= 15 is 0 Å². The summed E-state index contributed by atoms with van der Waals surface area (Å²) < 4.78 is 10.2. The summed E-state index contributed by atoms with van der Waals surface area (Å²) in [6.07, 6.45) is 1.88. The van der Waals surface area contributed by atoms with Gasteiger partial charge in [0.2, 0.25) is 5.91 Å². The number of hydrogen-bond donors (Lipinski definition) is 1. The fourth-order valence-electron chi connectivity index (χ4n) is 2.77. The highest BCUT2D eigenvalue weighted by atomic mass is 16.5. The van der Waals surface area contributed by atoms with E-state index in [0.717, 1.165) is 24.3 Å². The maximum absolute atomic E-state index is 11.1. The van der Waals surface area contributed by atoms with E-state index in [1.807, 2.05) is 6.07 Å². The maximum atomic E-state index is 11.1. The summed E-state index contributed by atoms with van der Waals surface area (Å²) in [5.41, 5.74) is 1.07. The molecule has 0 bridgehead atoms. The molecule has 106 valence electrons. The molecule has 1 aromatic rings. The second kappa shape index (κ2) is 5.33. The van der Waals surface area contributed by atoms with Gasteiger partial charge in [-0.25, -0.2) is 0 Å². The SMILES string of the molecule is COCc1cc(C[C@@H]2C[C@H](NC(C)=O)C2(C)C)no1. The van der Waals surface area contributed by atoms with Gasteiger partial charge in [-0.3, -0.25) is 4.79 Å². The van der Waals surface area contributed by atoms with Crippen LogP contribution in [0.1, 0.15) is 38.6 Å². The minimum atomic E-state index is 0.0420. The molecule has 1 amide bonds. The predicted octanol–water partition coefficient (Wildman–Crippen LogP) is 1.91. The molecule has 0 aromatic carbocycles. The Morgan fingerprint density at radius 3 is 2.95 bits per heavy atom. The summed E-state index contributed by atoms with van der Waals surface area (Å²) in [5.74, 6) is 1.32. The molecule has 5 heteroatoms. The minimum absolute atomic E-state index is 0.0420. The average molecular weight is 266 g/mol. The van der Waals surface area contributed by atoms with Crippen molar-refractivity contribution in [2.24, 2.45) is 11.3 Å². The second-order valence-electron chi connectivity index (χ2n) is 5.93. The summed E-state index contributed by atoms with van der Waals surface area (Å²) in [4.78, 5) is 11.1. The minimum Gasteiger partial charge on any atom is -0.377 e. The van der Waals surface area contributed by atoms with Crippen molar-refractivity contribution >= 4 is 5.91 Å². The summed E-state index contributed by atoms with van der Waals surface area (Å²) in [7, 11) is 1.63. The Morgan fingerprint density at radius 1 is 1.63 bits per heavy atom.